The fourth-order valence-electron chi connectivity index (χ4n) is 0.703. The third-order valence-electron chi connectivity index (χ3n) is 1.06. The van der Waals surface area contributed by atoms with Gasteiger partial charge in [-0.1, -0.05) is 0 Å². The Kier molecular flexibility index (Phi) is 2.47. The van der Waals surface area contributed by atoms with Crippen LogP contribution >= 0.6 is 7.82 Å². The average Bonchev–Trinajstić information content (AvgIpc) is 2.12. The number of hydrogen-bond acceptors (Lipinski definition) is 4. The van der Waals surface area contributed by atoms with Gasteiger partial charge in [0.05, 0.1) is 19.3 Å². The maximum atomic E-state index is 11.2. The zero-order valence-electron chi connectivity index (χ0n) is 6.07. The smallest absolute Gasteiger partial charge is 0.287 e. The molecule has 1 fully saturated rings. The molecule has 0 aromatic rings. The van der Waals surface area contributed by atoms with Crippen LogP contribution in [0.3, 0.4) is 0 Å². The molecule has 10 heavy (non-hydrogen) atoms. The minimum Gasteiger partial charge on any atom is -0.287 e. The summed E-state index contributed by atoms with van der Waals surface area (Å²) in [6.07, 6.45) is -0.114. The van der Waals surface area contributed by atoms with Crippen molar-refractivity contribution >= 4 is 7.82 Å². The van der Waals surface area contributed by atoms with Crippen molar-refractivity contribution in [2.75, 3.05) is 13.2 Å². The van der Waals surface area contributed by atoms with E-state index in [1.807, 2.05) is 0 Å². The lowest BCUT2D eigenvalue weighted by Gasteiger charge is -2.06. The number of phosphoric acid groups is 1. The molecule has 2 atom stereocenters. The lowest BCUT2D eigenvalue weighted by atomic mass is 10.5. The largest absolute Gasteiger partial charge is 0.475 e. The van der Waals surface area contributed by atoms with Gasteiger partial charge in [-0.3, -0.25) is 13.6 Å². The van der Waals surface area contributed by atoms with Gasteiger partial charge >= 0.3 is 7.82 Å². The minimum atomic E-state index is -3.13. The Labute approximate surface area is 60.1 Å². The van der Waals surface area contributed by atoms with E-state index in [1.165, 1.54) is 0 Å². The lowest BCUT2D eigenvalue weighted by molar-refractivity contribution is 0.185. The highest BCUT2D eigenvalue weighted by Crippen LogP contribution is 2.54. The molecular weight excluding hydrogens is 155 g/mol. The van der Waals surface area contributed by atoms with E-state index in [2.05, 4.69) is 0 Å². The SMILES string of the molecule is CCOP1(=O)OCC(C)O1. The number of rotatable bonds is 2. The summed E-state index contributed by atoms with van der Waals surface area (Å²) in [6.45, 7) is 4.25. The van der Waals surface area contributed by atoms with Gasteiger partial charge in [-0.25, -0.2) is 4.57 Å². The van der Waals surface area contributed by atoms with Crippen LogP contribution < -0.4 is 0 Å². The summed E-state index contributed by atoms with van der Waals surface area (Å²) in [6, 6.07) is 0. The Morgan fingerprint density at radius 2 is 2.50 bits per heavy atom. The fraction of sp³-hybridized carbons (Fsp3) is 1.00. The first-order valence-electron chi connectivity index (χ1n) is 3.24. The second kappa shape index (κ2) is 3.01. The van der Waals surface area contributed by atoms with E-state index in [9.17, 15) is 4.57 Å². The van der Waals surface area contributed by atoms with Crippen molar-refractivity contribution in [1.82, 2.24) is 0 Å². The normalized spacial score (nSPS) is 40.4. The lowest BCUT2D eigenvalue weighted by Crippen LogP contribution is -2.00. The molecular formula is C5H11O4P. The monoisotopic (exact) mass is 166 g/mol. The second-order valence-electron chi connectivity index (χ2n) is 2.08. The summed E-state index contributed by atoms with van der Waals surface area (Å²) in [7, 11) is -3.13. The van der Waals surface area contributed by atoms with Gasteiger partial charge in [0.15, 0.2) is 0 Å². The van der Waals surface area contributed by atoms with Crippen LogP contribution in [-0.2, 0) is 18.1 Å². The number of phosphoric ester groups is 1. The second-order valence-corrected chi connectivity index (χ2v) is 3.70. The topological polar surface area (TPSA) is 44.8 Å². The van der Waals surface area contributed by atoms with Crippen LogP contribution in [0.1, 0.15) is 13.8 Å². The molecule has 0 aliphatic carbocycles. The number of hydrogen-bond donors (Lipinski definition) is 0. The minimum absolute atomic E-state index is 0.114. The molecule has 1 heterocycles. The Hall–Kier alpha value is 0.110. The van der Waals surface area contributed by atoms with Crippen molar-refractivity contribution in [1.29, 1.82) is 0 Å². The van der Waals surface area contributed by atoms with Gasteiger partial charge < -0.3 is 0 Å². The molecule has 60 valence electrons. The Morgan fingerprint density at radius 1 is 1.80 bits per heavy atom. The summed E-state index contributed by atoms with van der Waals surface area (Å²) in [4.78, 5) is 0. The van der Waals surface area contributed by atoms with Gasteiger partial charge in [0.1, 0.15) is 0 Å². The Balaban J connectivity index is 2.47. The molecule has 0 spiro atoms. The molecule has 0 aromatic carbocycles. The highest BCUT2D eigenvalue weighted by atomic mass is 31.2. The Morgan fingerprint density at radius 3 is 2.90 bits per heavy atom. The van der Waals surface area contributed by atoms with Gasteiger partial charge in [0, 0.05) is 0 Å². The molecule has 5 heteroatoms. The molecule has 1 aliphatic heterocycles. The van der Waals surface area contributed by atoms with Crippen LogP contribution in [0.25, 0.3) is 0 Å². The van der Waals surface area contributed by atoms with E-state index in [0.29, 0.717) is 13.2 Å². The van der Waals surface area contributed by atoms with Gasteiger partial charge in [-0.2, -0.15) is 0 Å². The zero-order chi connectivity index (χ0) is 7.61. The highest BCUT2D eigenvalue weighted by Gasteiger charge is 2.35. The summed E-state index contributed by atoms with van der Waals surface area (Å²) >= 11 is 0. The molecule has 2 unspecified atom stereocenters. The van der Waals surface area contributed by atoms with E-state index in [-0.39, 0.29) is 6.10 Å². The van der Waals surface area contributed by atoms with Crippen LogP contribution in [0.4, 0.5) is 0 Å². The van der Waals surface area contributed by atoms with E-state index in [0.717, 1.165) is 0 Å². The van der Waals surface area contributed by atoms with Crippen LogP contribution in [0.15, 0.2) is 0 Å². The first-order chi connectivity index (χ1) is 4.66. The third-order valence-corrected chi connectivity index (χ3v) is 2.72. The molecule has 0 radical (unpaired) electrons. The van der Waals surface area contributed by atoms with Crippen LogP contribution in [-0.4, -0.2) is 19.3 Å². The molecule has 1 aliphatic rings. The molecule has 4 nitrogen and oxygen atoms in total. The summed E-state index contributed by atoms with van der Waals surface area (Å²) in [5.41, 5.74) is 0. The van der Waals surface area contributed by atoms with Crippen molar-refractivity contribution in [3.8, 4) is 0 Å². The molecule has 0 aromatic heterocycles. The predicted molar refractivity (Wildman–Crippen MR) is 35.7 cm³/mol. The van der Waals surface area contributed by atoms with E-state index >= 15 is 0 Å². The molecule has 0 amide bonds. The van der Waals surface area contributed by atoms with Gasteiger partial charge in [0.2, 0.25) is 0 Å². The van der Waals surface area contributed by atoms with E-state index in [1.54, 1.807) is 13.8 Å². The van der Waals surface area contributed by atoms with Crippen molar-refractivity contribution in [3.63, 3.8) is 0 Å². The highest BCUT2D eigenvalue weighted by molar-refractivity contribution is 7.48. The van der Waals surface area contributed by atoms with Crippen molar-refractivity contribution in [3.05, 3.63) is 0 Å². The molecule has 1 rings (SSSR count). The maximum absolute atomic E-state index is 11.2. The van der Waals surface area contributed by atoms with E-state index < -0.39 is 7.82 Å². The molecule has 0 N–H and O–H groups in total. The Bertz CT molecular complexity index is 152. The maximum Gasteiger partial charge on any atom is 0.475 e. The summed E-state index contributed by atoms with van der Waals surface area (Å²) < 4.78 is 25.6. The van der Waals surface area contributed by atoms with Crippen molar-refractivity contribution in [2.45, 2.75) is 20.0 Å². The van der Waals surface area contributed by atoms with Crippen LogP contribution in [0.5, 0.6) is 0 Å². The van der Waals surface area contributed by atoms with Crippen LogP contribution in [0.2, 0.25) is 0 Å². The predicted octanol–water partition coefficient (Wildman–Crippen LogP) is 1.57. The van der Waals surface area contributed by atoms with Crippen LogP contribution in [0, 0.1) is 0 Å². The fourth-order valence-corrected chi connectivity index (χ4v) is 2.11. The van der Waals surface area contributed by atoms with Gasteiger partial charge in [-0.05, 0) is 13.8 Å². The standard InChI is InChI=1S/C5H11O4P/c1-3-7-10(6)8-4-5(2)9-10/h5H,3-4H2,1-2H3. The molecule has 1 saturated heterocycles. The quantitative estimate of drug-likeness (QED) is 0.584. The third kappa shape index (κ3) is 1.80. The summed E-state index contributed by atoms with van der Waals surface area (Å²) in [5, 5.41) is 0. The van der Waals surface area contributed by atoms with E-state index in [4.69, 9.17) is 13.6 Å². The summed E-state index contributed by atoms with van der Waals surface area (Å²) in [5.74, 6) is 0. The van der Waals surface area contributed by atoms with Gasteiger partial charge in [-0.15, -0.1) is 0 Å². The average molecular weight is 166 g/mol. The van der Waals surface area contributed by atoms with Crippen molar-refractivity contribution in [2.24, 2.45) is 0 Å². The molecule has 0 saturated carbocycles. The van der Waals surface area contributed by atoms with Crippen molar-refractivity contribution < 1.29 is 18.1 Å². The van der Waals surface area contributed by atoms with Gasteiger partial charge in [0.25, 0.3) is 0 Å². The zero-order valence-corrected chi connectivity index (χ0v) is 6.97. The first-order valence-corrected chi connectivity index (χ1v) is 4.70. The molecule has 0 bridgehead atoms. The first kappa shape index (κ1) is 8.21.